The molecule has 1 aliphatic heterocycles. The van der Waals surface area contributed by atoms with Crippen LogP contribution in [0.25, 0.3) is 0 Å². The van der Waals surface area contributed by atoms with Crippen LogP contribution in [0.4, 0.5) is 0 Å². The topological polar surface area (TPSA) is 99.8 Å². The molecule has 1 aromatic heterocycles. The molecule has 0 fully saturated rings. The minimum atomic E-state index is -3.66. The first-order valence-electron chi connectivity index (χ1n) is 6.15. The van der Waals surface area contributed by atoms with Crippen LogP contribution >= 0.6 is 0 Å². The maximum atomic E-state index is 12.4. The maximum absolute atomic E-state index is 12.4. The van der Waals surface area contributed by atoms with E-state index >= 15 is 0 Å². The van der Waals surface area contributed by atoms with Gasteiger partial charge in [0.2, 0.25) is 0 Å². The highest BCUT2D eigenvalue weighted by molar-refractivity contribution is 7.91. The van der Waals surface area contributed by atoms with E-state index in [0.717, 1.165) is 0 Å². The largest absolute Gasteiger partial charge is 0.477 e. The SMILES string of the molecule is Cn1cc2c(c1C(=O)O)CCN(C(C)(C)O)CS2(=O)=O. The van der Waals surface area contributed by atoms with Crippen molar-refractivity contribution in [3.63, 3.8) is 0 Å². The minimum absolute atomic E-state index is 0.0128. The van der Waals surface area contributed by atoms with Gasteiger partial charge in [0, 0.05) is 25.4 Å². The first-order valence-corrected chi connectivity index (χ1v) is 7.81. The molecule has 1 aromatic rings. The molecule has 2 N–H and O–H groups in total. The summed E-state index contributed by atoms with van der Waals surface area (Å²) in [4.78, 5) is 12.7. The lowest BCUT2D eigenvalue weighted by molar-refractivity contribution is -0.0669. The number of aromatic nitrogens is 1. The molecule has 2 heterocycles. The van der Waals surface area contributed by atoms with Crippen LogP contribution < -0.4 is 0 Å². The van der Waals surface area contributed by atoms with Gasteiger partial charge in [-0.1, -0.05) is 0 Å². The number of carbonyl (C=O) groups is 1. The fraction of sp³-hybridized carbons (Fsp3) is 0.583. The molecule has 7 nitrogen and oxygen atoms in total. The van der Waals surface area contributed by atoms with Gasteiger partial charge in [-0.2, -0.15) is 0 Å². The Morgan fingerprint density at radius 3 is 2.50 bits per heavy atom. The number of carboxylic acids is 1. The van der Waals surface area contributed by atoms with Gasteiger partial charge < -0.3 is 14.8 Å². The van der Waals surface area contributed by atoms with Gasteiger partial charge in [0.15, 0.2) is 9.84 Å². The standard InChI is InChI=1S/C12H18N2O5S/c1-12(2,17)14-5-4-8-9(20(18,19)7-14)6-13(3)10(8)11(15)16/h6,17H,4-5,7H2,1-3H3,(H,15,16). The van der Waals surface area contributed by atoms with Crippen molar-refractivity contribution in [3.8, 4) is 0 Å². The van der Waals surface area contributed by atoms with Crippen molar-refractivity contribution in [3.05, 3.63) is 17.5 Å². The molecule has 0 saturated carbocycles. The summed E-state index contributed by atoms with van der Waals surface area (Å²) in [5.74, 6) is -1.48. The molecule has 0 radical (unpaired) electrons. The predicted molar refractivity (Wildman–Crippen MR) is 71.1 cm³/mol. The van der Waals surface area contributed by atoms with E-state index in [1.807, 2.05) is 0 Å². The van der Waals surface area contributed by atoms with Crippen molar-refractivity contribution < 1.29 is 23.4 Å². The van der Waals surface area contributed by atoms with Crippen LogP contribution in [0.5, 0.6) is 0 Å². The van der Waals surface area contributed by atoms with Gasteiger partial charge in [0.1, 0.15) is 17.3 Å². The molecule has 2 rings (SSSR count). The Bertz CT molecular complexity index is 654. The Balaban J connectivity index is 2.57. The van der Waals surface area contributed by atoms with Gasteiger partial charge in [-0.15, -0.1) is 0 Å². The zero-order valence-corrected chi connectivity index (χ0v) is 12.4. The van der Waals surface area contributed by atoms with Crippen molar-refractivity contribution >= 4 is 15.8 Å². The number of fused-ring (bicyclic) bond motifs is 1. The monoisotopic (exact) mass is 302 g/mol. The number of hydrogen-bond acceptors (Lipinski definition) is 5. The second kappa shape index (κ2) is 4.57. The third kappa shape index (κ3) is 2.46. The summed E-state index contributed by atoms with van der Waals surface area (Å²) in [5, 5.41) is 19.2. The van der Waals surface area contributed by atoms with Crippen LogP contribution in [-0.2, 0) is 23.3 Å². The number of aryl methyl sites for hydroxylation is 1. The first kappa shape index (κ1) is 15.0. The van der Waals surface area contributed by atoms with Crippen molar-refractivity contribution in [2.45, 2.75) is 30.9 Å². The highest BCUT2D eigenvalue weighted by atomic mass is 32.2. The molecule has 0 bridgehead atoms. The molecule has 0 spiro atoms. The molecule has 112 valence electrons. The fourth-order valence-corrected chi connectivity index (χ4v) is 4.34. The van der Waals surface area contributed by atoms with Crippen LogP contribution in [0.15, 0.2) is 11.1 Å². The molecule has 1 aliphatic rings. The molecule has 20 heavy (non-hydrogen) atoms. The van der Waals surface area contributed by atoms with Gasteiger partial charge >= 0.3 is 5.97 Å². The molecular weight excluding hydrogens is 284 g/mol. The Morgan fingerprint density at radius 2 is 2.00 bits per heavy atom. The summed E-state index contributed by atoms with van der Waals surface area (Å²) < 4.78 is 26.1. The zero-order valence-electron chi connectivity index (χ0n) is 11.6. The molecular formula is C12H18N2O5S. The number of rotatable bonds is 2. The molecule has 0 aliphatic carbocycles. The average molecular weight is 302 g/mol. The van der Waals surface area contributed by atoms with E-state index in [1.54, 1.807) is 0 Å². The quantitative estimate of drug-likeness (QED) is 0.800. The van der Waals surface area contributed by atoms with Gasteiger partial charge in [-0.05, 0) is 20.3 Å². The Hall–Kier alpha value is -1.38. The smallest absolute Gasteiger partial charge is 0.352 e. The van der Waals surface area contributed by atoms with Crippen LogP contribution in [0.3, 0.4) is 0 Å². The van der Waals surface area contributed by atoms with Crippen LogP contribution in [0, 0.1) is 0 Å². The van der Waals surface area contributed by atoms with Crippen LogP contribution in [0.2, 0.25) is 0 Å². The third-order valence-corrected chi connectivity index (χ3v) is 5.19. The maximum Gasteiger partial charge on any atom is 0.352 e. The van der Waals surface area contributed by atoms with Gasteiger partial charge in [0.25, 0.3) is 0 Å². The summed E-state index contributed by atoms with van der Waals surface area (Å²) >= 11 is 0. The number of sulfone groups is 1. The summed E-state index contributed by atoms with van der Waals surface area (Å²) in [6, 6.07) is 0. The molecule has 0 atom stereocenters. The normalized spacial score (nSPS) is 19.4. The molecule has 0 amide bonds. The lowest BCUT2D eigenvalue weighted by Crippen LogP contribution is -2.46. The molecule has 0 unspecified atom stereocenters. The lowest BCUT2D eigenvalue weighted by Gasteiger charge is -2.32. The third-order valence-electron chi connectivity index (χ3n) is 3.52. The lowest BCUT2D eigenvalue weighted by atomic mass is 10.1. The van der Waals surface area contributed by atoms with E-state index in [0.29, 0.717) is 5.56 Å². The van der Waals surface area contributed by atoms with Gasteiger partial charge in [-0.3, -0.25) is 4.90 Å². The van der Waals surface area contributed by atoms with Crippen molar-refractivity contribution in [1.29, 1.82) is 0 Å². The van der Waals surface area contributed by atoms with Crippen molar-refractivity contribution in [2.75, 3.05) is 12.4 Å². The second-order valence-corrected chi connectivity index (χ2v) is 7.42. The summed E-state index contributed by atoms with van der Waals surface area (Å²) in [5.41, 5.74) is -0.977. The predicted octanol–water partition coefficient (Wildman–Crippen LogP) is 0.0410. The number of nitrogens with zero attached hydrogens (tertiary/aromatic N) is 2. The second-order valence-electron chi connectivity index (χ2n) is 5.49. The van der Waals surface area contributed by atoms with Crippen molar-refractivity contribution in [2.24, 2.45) is 7.05 Å². The highest BCUT2D eigenvalue weighted by Crippen LogP contribution is 2.29. The molecule has 8 heteroatoms. The Morgan fingerprint density at radius 1 is 1.40 bits per heavy atom. The van der Waals surface area contributed by atoms with Crippen molar-refractivity contribution in [1.82, 2.24) is 9.47 Å². The van der Waals surface area contributed by atoms with E-state index in [9.17, 15) is 23.4 Å². The van der Waals surface area contributed by atoms with Crippen LogP contribution in [-0.4, -0.2) is 52.2 Å². The molecule has 0 aromatic carbocycles. The van der Waals surface area contributed by atoms with Gasteiger partial charge in [0.05, 0.1) is 4.90 Å². The summed E-state index contributed by atoms with van der Waals surface area (Å²) in [6.45, 7) is 3.30. The number of hydrogen-bond donors (Lipinski definition) is 2. The number of aromatic carboxylic acids is 1. The average Bonchev–Trinajstić information content (AvgIpc) is 2.54. The minimum Gasteiger partial charge on any atom is -0.477 e. The van der Waals surface area contributed by atoms with E-state index in [2.05, 4.69) is 0 Å². The first-order chi connectivity index (χ1) is 9.04. The van der Waals surface area contributed by atoms with E-state index in [-0.39, 0.29) is 29.4 Å². The van der Waals surface area contributed by atoms with Crippen LogP contribution in [0.1, 0.15) is 29.9 Å². The summed E-state index contributed by atoms with van der Waals surface area (Å²) in [6.07, 6.45) is 1.60. The Kier molecular flexibility index (Phi) is 3.43. The van der Waals surface area contributed by atoms with E-state index in [1.165, 1.54) is 36.6 Å². The summed E-state index contributed by atoms with van der Waals surface area (Å²) in [7, 11) is -2.15. The highest BCUT2D eigenvalue weighted by Gasteiger charge is 2.36. The zero-order chi connectivity index (χ0) is 15.3. The fourth-order valence-electron chi connectivity index (χ4n) is 2.46. The Labute approximate surface area is 117 Å². The number of carboxylic acid groups (broad SMARTS) is 1. The van der Waals surface area contributed by atoms with E-state index < -0.39 is 21.5 Å². The van der Waals surface area contributed by atoms with E-state index in [4.69, 9.17) is 0 Å². The van der Waals surface area contributed by atoms with Gasteiger partial charge in [-0.25, -0.2) is 13.2 Å². The molecule has 0 saturated heterocycles. The number of aliphatic hydroxyl groups is 1.